The highest BCUT2D eigenvalue weighted by Crippen LogP contribution is 2.39. The van der Waals surface area contributed by atoms with Crippen LogP contribution < -0.4 is 0 Å². The van der Waals surface area contributed by atoms with Crippen molar-refractivity contribution in [3.8, 4) is 22.4 Å². The smallest absolute Gasteiger partial charge is 0.131 e. The molecule has 0 fully saturated rings. The minimum atomic E-state index is -0.242. The maximum Gasteiger partial charge on any atom is 0.131 e. The molecule has 0 atom stereocenters. The van der Waals surface area contributed by atoms with Gasteiger partial charge in [0.05, 0.1) is 11.2 Å². The van der Waals surface area contributed by atoms with Gasteiger partial charge in [-0.15, -0.1) is 0 Å². The van der Waals surface area contributed by atoms with Gasteiger partial charge in [-0.2, -0.15) is 0 Å². The first-order valence-corrected chi connectivity index (χ1v) is 8.99. The van der Waals surface area contributed by atoms with E-state index in [9.17, 15) is 4.39 Å². The minimum absolute atomic E-state index is 0.242. The molecule has 0 radical (unpaired) electrons. The van der Waals surface area contributed by atoms with Crippen LogP contribution in [0.5, 0.6) is 0 Å². The Balaban J connectivity index is 2.16. The lowest BCUT2D eigenvalue weighted by Crippen LogP contribution is -1.99. The van der Waals surface area contributed by atoms with E-state index in [1.165, 1.54) is 6.07 Å². The molecule has 4 rings (SSSR count). The van der Waals surface area contributed by atoms with Gasteiger partial charge in [0, 0.05) is 21.5 Å². The van der Waals surface area contributed by atoms with Crippen LogP contribution in [0.25, 0.3) is 33.3 Å². The van der Waals surface area contributed by atoms with Crippen LogP contribution in [0.2, 0.25) is 5.02 Å². The second-order valence-electron chi connectivity index (χ2n) is 6.17. The predicted molar refractivity (Wildman–Crippen MR) is 107 cm³/mol. The van der Waals surface area contributed by atoms with Crippen LogP contribution in [-0.4, -0.2) is 4.98 Å². The maximum absolute atomic E-state index is 14.7. The molecule has 26 heavy (non-hydrogen) atoms. The summed E-state index contributed by atoms with van der Waals surface area (Å²) >= 11 is 6.25. The average Bonchev–Trinajstić information content (AvgIpc) is 2.68. The van der Waals surface area contributed by atoms with E-state index in [-0.39, 0.29) is 5.82 Å². The first kappa shape index (κ1) is 16.7. The normalized spacial score (nSPS) is 11.0. The molecule has 128 valence electrons. The summed E-state index contributed by atoms with van der Waals surface area (Å²) in [6.07, 6.45) is 0.739. The first-order chi connectivity index (χ1) is 12.7. The van der Waals surface area contributed by atoms with Crippen molar-refractivity contribution in [3.63, 3.8) is 0 Å². The van der Waals surface area contributed by atoms with Gasteiger partial charge in [0.1, 0.15) is 5.82 Å². The van der Waals surface area contributed by atoms with Gasteiger partial charge >= 0.3 is 0 Å². The Labute approximate surface area is 157 Å². The van der Waals surface area contributed by atoms with Gasteiger partial charge in [-0.1, -0.05) is 67.1 Å². The molecule has 0 amide bonds. The molecule has 1 heterocycles. The van der Waals surface area contributed by atoms with Crippen molar-refractivity contribution >= 4 is 22.5 Å². The van der Waals surface area contributed by atoms with Crippen LogP contribution in [0.15, 0.2) is 72.8 Å². The summed E-state index contributed by atoms with van der Waals surface area (Å²) in [6.45, 7) is 2.07. The SMILES string of the molecule is CCc1c(-c2ccccc2)nc2ccc(Cl)cc2c1-c1ccccc1F. The fourth-order valence-corrected chi connectivity index (χ4v) is 3.60. The third-order valence-corrected chi connectivity index (χ3v) is 4.83. The Morgan fingerprint density at radius 1 is 0.923 bits per heavy atom. The van der Waals surface area contributed by atoms with Gasteiger partial charge in [-0.05, 0) is 41.8 Å². The van der Waals surface area contributed by atoms with Crippen molar-refractivity contribution in [2.24, 2.45) is 0 Å². The third-order valence-electron chi connectivity index (χ3n) is 4.59. The van der Waals surface area contributed by atoms with E-state index in [2.05, 4.69) is 6.92 Å². The van der Waals surface area contributed by atoms with E-state index in [0.717, 1.165) is 39.7 Å². The van der Waals surface area contributed by atoms with Crippen molar-refractivity contribution in [2.45, 2.75) is 13.3 Å². The largest absolute Gasteiger partial charge is 0.247 e. The summed E-state index contributed by atoms with van der Waals surface area (Å²) in [7, 11) is 0. The zero-order chi connectivity index (χ0) is 18.1. The van der Waals surface area contributed by atoms with Crippen molar-refractivity contribution in [3.05, 3.63) is 89.2 Å². The molecule has 4 aromatic rings. The number of aromatic nitrogens is 1. The average molecular weight is 362 g/mol. The number of pyridine rings is 1. The fourth-order valence-electron chi connectivity index (χ4n) is 3.43. The molecule has 0 saturated heterocycles. The second-order valence-corrected chi connectivity index (χ2v) is 6.61. The summed E-state index contributed by atoms with van der Waals surface area (Å²) in [4.78, 5) is 4.89. The first-order valence-electron chi connectivity index (χ1n) is 8.61. The Bertz CT molecular complexity index is 1090. The number of halogens is 2. The van der Waals surface area contributed by atoms with Gasteiger partial charge in [0.15, 0.2) is 0 Å². The van der Waals surface area contributed by atoms with Crippen LogP contribution in [0.3, 0.4) is 0 Å². The number of fused-ring (bicyclic) bond motifs is 1. The molecule has 0 bridgehead atoms. The molecule has 0 aliphatic heterocycles. The highest BCUT2D eigenvalue weighted by molar-refractivity contribution is 6.31. The van der Waals surface area contributed by atoms with Gasteiger partial charge in [-0.25, -0.2) is 9.37 Å². The zero-order valence-electron chi connectivity index (χ0n) is 14.3. The summed E-state index contributed by atoms with van der Waals surface area (Å²) in [5.74, 6) is -0.242. The highest BCUT2D eigenvalue weighted by atomic mass is 35.5. The van der Waals surface area contributed by atoms with Crippen LogP contribution in [0.4, 0.5) is 4.39 Å². The van der Waals surface area contributed by atoms with Crippen molar-refractivity contribution in [2.75, 3.05) is 0 Å². The van der Waals surface area contributed by atoms with E-state index >= 15 is 0 Å². The minimum Gasteiger partial charge on any atom is -0.247 e. The number of benzene rings is 3. The standard InChI is InChI=1S/C23H17ClFN/c1-2-17-22(18-10-6-7-11-20(18)25)19-14-16(24)12-13-21(19)26-23(17)15-8-4-3-5-9-15/h3-14H,2H2,1H3. The van der Waals surface area contributed by atoms with Crippen molar-refractivity contribution in [1.29, 1.82) is 0 Å². The van der Waals surface area contributed by atoms with E-state index in [1.54, 1.807) is 6.07 Å². The lowest BCUT2D eigenvalue weighted by molar-refractivity contribution is 0.631. The number of hydrogen-bond acceptors (Lipinski definition) is 1. The number of hydrogen-bond donors (Lipinski definition) is 0. The Kier molecular flexibility index (Phi) is 4.44. The second kappa shape index (κ2) is 6.89. The lowest BCUT2D eigenvalue weighted by Gasteiger charge is -2.17. The monoisotopic (exact) mass is 361 g/mol. The molecule has 3 heteroatoms. The fraction of sp³-hybridized carbons (Fsp3) is 0.0870. The molecule has 0 aliphatic carbocycles. The summed E-state index contributed by atoms with van der Waals surface area (Å²) in [6, 6.07) is 22.5. The number of nitrogens with zero attached hydrogens (tertiary/aromatic N) is 1. The summed E-state index contributed by atoms with van der Waals surface area (Å²) in [5.41, 5.74) is 5.20. The van der Waals surface area contributed by atoms with E-state index in [1.807, 2.05) is 60.7 Å². The molecule has 0 saturated carbocycles. The van der Waals surface area contributed by atoms with Gasteiger partial charge in [0.2, 0.25) is 0 Å². The molecule has 1 aromatic heterocycles. The predicted octanol–water partition coefficient (Wildman–Crippen LogP) is 6.92. The summed E-state index contributed by atoms with van der Waals surface area (Å²) in [5, 5.41) is 1.49. The van der Waals surface area contributed by atoms with Crippen LogP contribution >= 0.6 is 11.6 Å². The van der Waals surface area contributed by atoms with E-state index in [4.69, 9.17) is 16.6 Å². The Hall–Kier alpha value is -2.71. The molecule has 0 spiro atoms. The van der Waals surface area contributed by atoms with Gasteiger partial charge in [0.25, 0.3) is 0 Å². The Morgan fingerprint density at radius 2 is 1.65 bits per heavy atom. The van der Waals surface area contributed by atoms with Crippen LogP contribution in [0, 0.1) is 5.82 Å². The van der Waals surface area contributed by atoms with E-state index < -0.39 is 0 Å². The zero-order valence-corrected chi connectivity index (χ0v) is 15.1. The quantitative estimate of drug-likeness (QED) is 0.385. The van der Waals surface area contributed by atoms with Gasteiger partial charge < -0.3 is 0 Å². The molecule has 3 aromatic carbocycles. The van der Waals surface area contributed by atoms with E-state index in [0.29, 0.717) is 10.6 Å². The van der Waals surface area contributed by atoms with Crippen molar-refractivity contribution < 1.29 is 4.39 Å². The Morgan fingerprint density at radius 3 is 2.38 bits per heavy atom. The highest BCUT2D eigenvalue weighted by Gasteiger charge is 2.19. The van der Waals surface area contributed by atoms with Crippen molar-refractivity contribution in [1.82, 2.24) is 4.98 Å². The molecule has 0 unspecified atom stereocenters. The molecule has 0 N–H and O–H groups in total. The van der Waals surface area contributed by atoms with Crippen LogP contribution in [0.1, 0.15) is 12.5 Å². The summed E-state index contributed by atoms with van der Waals surface area (Å²) < 4.78 is 14.7. The molecule has 0 aliphatic rings. The van der Waals surface area contributed by atoms with Gasteiger partial charge in [-0.3, -0.25) is 0 Å². The maximum atomic E-state index is 14.7. The molecular weight excluding hydrogens is 345 g/mol. The topological polar surface area (TPSA) is 12.9 Å². The molecule has 1 nitrogen and oxygen atoms in total. The number of rotatable bonds is 3. The third kappa shape index (κ3) is 2.87. The van der Waals surface area contributed by atoms with Crippen LogP contribution in [-0.2, 0) is 6.42 Å². The molecular formula is C23H17ClFN. The lowest BCUT2D eigenvalue weighted by atomic mass is 9.90.